The number of rotatable bonds is 21. The van der Waals surface area contributed by atoms with Gasteiger partial charge >= 0.3 is 5.97 Å². The lowest BCUT2D eigenvalue weighted by Gasteiger charge is -2.58. The van der Waals surface area contributed by atoms with Crippen LogP contribution >= 0.6 is 0 Å². The largest absolute Gasteiger partial charge is 0.460 e. The van der Waals surface area contributed by atoms with Crippen molar-refractivity contribution >= 4 is 17.8 Å². The number of allylic oxidation sites excluding steroid dienone is 3. The second kappa shape index (κ2) is 20.4. The fourth-order valence-electron chi connectivity index (χ4n) is 10.5. The molecule has 10 N–H and O–H groups in total. The first kappa shape index (κ1) is 43.2. The highest BCUT2D eigenvalue weighted by Crippen LogP contribution is 2.67. The van der Waals surface area contributed by atoms with Crippen molar-refractivity contribution in [2.75, 3.05) is 39.5 Å². The summed E-state index contributed by atoms with van der Waals surface area (Å²) in [5.74, 6) is 3.99. The first-order valence-corrected chi connectivity index (χ1v) is 20.6. The van der Waals surface area contributed by atoms with E-state index in [1.807, 2.05) is 0 Å². The molecule has 1 amide bonds. The lowest BCUT2D eigenvalue weighted by atomic mass is 9.47. The summed E-state index contributed by atoms with van der Waals surface area (Å²) >= 11 is 0. The quantitative estimate of drug-likeness (QED) is 0.0243. The van der Waals surface area contributed by atoms with Crippen LogP contribution in [0.2, 0.25) is 0 Å². The Morgan fingerprint density at radius 1 is 1.00 bits per heavy atom. The maximum absolute atomic E-state index is 12.7. The van der Waals surface area contributed by atoms with Crippen LogP contribution in [0.5, 0.6) is 0 Å². The smallest absolute Gasteiger partial charge is 0.332 e. The molecule has 9 unspecified atom stereocenters. The van der Waals surface area contributed by atoms with Gasteiger partial charge in [0, 0.05) is 19.5 Å². The van der Waals surface area contributed by atoms with E-state index in [0.29, 0.717) is 44.1 Å². The molecule has 0 aromatic rings. The molecule has 0 spiro atoms. The Bertz CT molecular complexity index is 1270. The molecule has 4 aliphatic rings. The highest BCUT2D eigenvalue weighted by molar-refractivity contribution is 5.81. The molecular weight excluding hydrogens is 670 g/mol. The number of guanidine groups is 1. The Balaban J connectivity index is 1.12. The summed E-state index contributed by atoms with van der Waals surface area (Å²) in [4.78, 5) is 29.3. The number of carbonyl (C=O) groups excluding carboxylic acids is 2. The predicted octanol–water partition coefficient (Wildman–Crippen LogP) is 4.47. The minimum Gasteiger partial charge on any atom is -0.460 e. The fourth-order valence-corrected chi connectivity index (χ4v) is 10.5. The van der Waals surface area contributed by atoms with E-state index < -0.39 is 12.3 Å². The van der Waals surface area contributed by atoms with Crippen molar-refractivity contribution in [1.29, 1.82) is 0 Å². The summed E-state index contributed by atoms with van der Waals surface area (Å²) in [6.07, 6.45) is 19.2. The highest BCUT2D eigenvalue weighted by Gasteiger charge is 2.59. The minimum absolute atomic E-state index is 0.0491. The van der Waals surface area contributed by atoms with Crippen LogP contribution in [0.3, 0.4) is 0 Å². The normalized spacial score (nSPS) is 30.7. The standard InChI is InChI=1S/C41H73N7O5/c1-27(2)9-8-10-28(3)32-14-15-33-31-13-12-29-25-30(16-18-40(29,4)34(31)17-19-41(32,33)5)53-36(49)26-52-24-23-51-22-21-46-37(50)35(48-39(44)45)11-6-7-20-47-38(42)43/h8,10,12,27-28,30-35,39,48H,6-7,9,11,13-26,44-45H2,1-5H3,(H,46,50)(H4,42,43,47)/b10-8+. The number of nitrogens with two attached hydrogens (primary N) is 4. The van der Waals surface area contributed by atoms with Crippen LogP contribution in [0.15, 0.2) is 28.8 Å². The molecule has 12 nitrogen and oxygen atoms in total. The second-order valence-electron chi connectivity index (χ2n) is 17.3. The van der Waals surface area contributed by atoms with Gasteiger partial charge in [0.25, 0.3) is 0 Å². The van der Waals surface area contributed by atoms with Crippen LogP contribution < -0.4 is 33.6 Å². The number of fused-ring (bicyclic) bond motifs is 5. The molecule has 0 aliphatic heterocycles. The number of nitrogens with one attached hydrogen (secondary N) is 2. The van der Waals surface area contributed by atoms with E-state index in [9.17, 15) is 9.59 Å². The molecule has 0 radical (unpaired) electrons. The molecule has 3 fully saturated rings. The molecule has 0 heterocycles. The summed E-state index contributed by atoms with van der Waals surface area (Å²) in [6, 6.07) is -0.535. The number of aliphatic imine (C=N–C) groups is 1. The van der Waals surface area contributed by atoms with Crippen molar-refractivity contribution in [1.82, 2.24) is 10.6 Å². The van der Waals surface area contributed by atoms with Crippen molar-refractivity contribution in [2.45, 2.75) is 130 Å². The average molecular weight is 744 g/mol. The number of hydrogen-bond acceptors (Lipinski definition) is 9. The molecule has 0 aromatic heterocycles. The molecule has 53 heavy (non-hydrogen) atoms. The van der Waals surface area contributed by atoms with Crippen molar-refractivity contribution in [3.05, 3.63) is 23.8 Å². The van der Waals surface area contributed by atoms with Crippen LogP contribution in [-0.4, -0.2) is 75.8 Å². The molecule has 0 saturated heterocycles. The van der Waals surface area contributed by atoms with E-state index in [1.54, 1.807) is 0 Å². The maximum atomic E-state index is 12.7. The van der Waals surface area contributed by atoms with Gasteiger partial charge in [-0.3, -0.25) is 15.1 Å². The zero-order chi connectivity index (χ0) is 38.6. The van der Waals surface area contributed by atoms with Gasteiger partial charge < -0.3 is 42.5 Å². The van der Waals surface area contributed by atoms with Crippen LogP contribution in [0, 0.1) is 46.3 Å². The van der Waals surface area contributed by atoms with E-state index >= 15 is 0 Å². The Morgan fingerprint density at radius 3 is 2.51 bits per heavy atom. The van der Waals surface area contributed by atoms with E-state index in [1.165, 1.54) is 44.1 Å². The maximum Gasteiger partial charge on any atom is 0.332 e. The molecule has 0 bridgehead atoms. The molecule has 4 aliphatic carbocycles. The first-order chi connectivity index (χ1) is 25.2. The number of carbonyl (C=O) groups is 2. The predicted molar refractivity (Wildman–Crippen MR) is 211 cm³/mol. The van der Waals surface area contributed by atoms with Crippen LogP contribution in [0.4, 0.5) is 0 Å². The second-order valence-corrected chi connectivity index (χ2v) is 17.3. The first-order valence-electron chi connectivity index (χ1n) is 20.6. The summed E-state index contributed by atoms with van der Waals surface area (Å²) in [5.41, 5.74) is 24.2. The molecule has 0 aromatic carbocycles. The SMILES string of the molecule is CC(C)C/C=C/C(C)C1CCC2C3CC=C4CC(OC(=O)COCCOCCNC(=O)C(CCCCN=C(N)N)NC(N)N)CCC4(C)C3CCC12C. The third-order valence-corrected chi connectivity index (χ3v) is 13.2. The third-order valence-electron chi connectivity index (χ3n) is 13.2. The van der Waals surface area contributed by atoms with E-state index in [4.69, 9.17) is 37.1 Å². The Kier molecular flexibility index (Phi) is 16.7. The van der Waals surface area contributed by atoms with Crippen molar-refractivity contribution in [3.8, 4) is 0 Å². The molecule has 12 heteroatoms. The van der Waals surface area contributed by atoms with Gasteiger partial charge in [0.2, 0.25) is 5.91 Å². The Labute approximate surface area is 319 Å². The van der Waals surface area contributed by atoms with Crippen molar-refractivity contribution in [3.63, 3.8) is 0 Å². The number of nitrogens with zero attached hydrogens (tertiary/aromatic N) is 1. The van der Waals surface area contributed by atoms with Gasteiger partial charge in [-0.15, -0.1) is 0 Å². The van der Waals surface area contributed by atoms with Crippen LogP contribution in [-0.2, 0) is 23.8 Å². The Hall–Kier alpha value is -2.51. The summed E-state index contributed by atoms with van der Waals surface area (Å²) in [5, 5.41) is 5.72. The highest BCUT2D eigenvalue weighted by atomic mass is 16.6. The van der Waals surface area contributed by atoms with E-state index in [2.05, 4.69) is 68.5 Å². The van der Waals surface area contributed by atoms with E-state index in [0.717, 1.165) is 61.7 Å². The monoisotopic (exact) mass is 744 g/mol. The lowest BCUT2D eigenvalue weighted by molar-refractivity contribution is -0.157. The number of hydrogen-bond donors (Lipinski definition) is 6. The lowest BCUT2D eigenvalue weighted by Crippen LogP contribution is -2.55. The summed E-state index contributed by atoms with van der Waals surface area (Å²) in [7, 11) is 0. The zero-order valence-electron chi connectivity index (χ0n) is 33.5. The summed E-state index contributed by atoms with van der Waals surface area (Å²) in [6.45, 7) is 13.8. The van der Waals surface area contributed by atoms with Crippen LogP contribution in [0.25, 0.3) is 0 Å². The molecule has 4 rings (SSSR count). The average Bonchev–Trinajstić information content (AvgIpc) is 3.45. The molecule has 9 atom stereocenters. The van der Waals surface area contributed by atoms with Gasteiger partial charge in [-0.2, -0.15) is 0 Å². The Morgan fingerprint density at radius 2 is 1.77 bits per heavy atom. The number of amides is 1. The number of ether oxygens (including phenoxy) is 3. The van der Waals surface area contributed by atoms with Crippen molar-refractivity contribution in [2.24, 2.45) is 74.3 Å². The molecular formula is C41H73N7O5. The number of esters is 1. The van der Waals surface area contributed by atoms with Gasteiger partial charge in [-0.05, 0) is 117 Å². The minimum atomic E-state index is -0.816. The number of unbranched alkanes of at least 4 members (excludes halogenated alkanes) is 1. The van der Waals surface area contributed by atoms with Crippen LogP contribution in [0.1, 0.15) is 112 Å². The summed E-state index contributed by atoms with van der Waals surface area (Å²) < 4.78 is 17.1. The molecule has 302 valence electrons. The van der Waals surface area contributed by atoms with Gasteiger partial charge in [-0.1, -0.05) is 58.4 Å². The van der Waals surface area contributed by atoms with Crippen molar-refractivity contribution < 1.29 is 23.8 Å². The van der Waals surface area contributed by atoms with Gasteiger partial charge in [0.15, 0.2) is 5.96 Å². The van der Waals surface area contributed by atoms with Gasteiger partial charge in [-0.25, -0.2) is 4.79 Å². The fraction of sp³-hybridized carbons (Fsp3) is 0.829. The molecule has 3 saturated carbocycles. The zero-order valence-corrected chi connectivity index (χ0v) is 33.5. The topological polar surface area (TPSA) is 202 Å². The van der Waals surface area contributed by atoms with E-state index in [-0.39, 0.29) is 42.6 Å². The van der Waals surface area contributed by atoms with Gasteiger partial charge in [0.1, 0.15) is 19.0 Å². The third kappa shape index (κ3) is 12.0. The van der Waals surface area contributed by atoms with Gasteiger partial charge in [0.05, 0.1) is 25.9 Å².